The minimum atomic E-state index is -0.803. The van der Waals surface area contributed by atoms with Crippen LogP contribution >= 0.6 is 0 Å². The molecular weight excluding hydrogens is 900 g/mol. The molecule has 10 rings (SSSR count). The van der Waals surface area contributed by atoms with Gasteiger partial charge in [-0.15, -0.1) is 46.3 Å². The number of aromatic nitrogens is 4. The Bertz CT molecular complexity index is 2980. The number of fused-ring (bicyclic) bond motifs is 3. The van der Waals surface area contributed by atoms with E-state index in [2.05, 4.69) is 217 Å². The maximum atomic E-state index is 5.06. The van der Waals surface area contributed by atoms with Gasteiger partial charge in [0.2, 0.25) is 0 Å². The van der Waals surface area contributed by atoms with E-state index in [1.807, 2.05) is 24.7 Å². The first-order valence-electron chi connectivity index (χ1n) is 19.7. The quantitative estimate of drug-likeness (QED) is 0.107. The number of imidazole rings is 1. The summed E-state index contributed by atoms with van der Waals surface area (Å²) in [6, 6.07) is 74.5. The molecule has 5 heteroatoms. The topological polar surface area (TPSA) is 35.6 Å². The Morgan fingerprint density at radius 2 is 1.10 bits per heavy atom. The van der Waals surface area contributed by atoms with E-state index in [9.17, 15) is 0 Å². The standard InChI is InChI=1S/C54H40N4.Pt/c1-53(2,40-19-7-3-8-20-40)43-32-33-55-51(38-43)58-49-29-16-15-28-47(49)48-31-30-45(37-50(48)58)54(41-21-9-4-10-22-41,42-23-11-5-12-24-42)44-25-17-18-39(36-44)52-56-34-35-57(52)46-26-13-6-14-27-46;/h3-35,38H,1-2H3;/q-2;+2. The molecule has 0 aliphatic carbocycles. The van der Waals surface area contributed by atoms with Gasteiger partial charge in [-0.1, -0.05) is 147 Å². The molecule has 59 heavy (non-hydrogen) atoms. The molecule has 7 aromatic carbocycles. The molecule has 0 spiro atoms. The zero-order valence-corrected chi connectivity index (χ0v) is 35.0. The summed E-state index contributed by atoms with van der Waals surface area (Å²) >= 11 is 0. The monoisotopic (exact) mass is 939 g/mol. The third kappa shape index (κ3) is 6.45. The van der Waals surface area contributed by atoms with E-state index >= 15 is 0 Å². The fraction of sp³-hybridized carbons (Fsp3) is 0.0741. The molecule has 286 valence electrons. The molecule has 0 atom stereocenters. The van der Waals surface area contributed by atoms with E-state index in [4.69, 9.17) is 9.97 Å². The Morgan fingerprint density at radius 1 is 0.492 bits per heavy atom. The first-order valence-corrected chi connectivity index (χ1v) is 19.7. The van der Waals surface area contributed by atoms with Crippen molar-refractivity contribution >= 4 is 21.8 Å². The molecule has 3 aromatic heterocycles. The van der Waals surface area contributed by atoms with Crippen LogP contribution < -0.4 is 0 Å². The van der Waals surface area contributed by atoms with Crippen LogP contribution in [-0.2, 0) is 31.9 Å². The van der Waals surface area contributed by atoms with Crippen LogP contribution in [-0.4, -0.2) is 19.1 Å². The summed E-state index contributed by atoms with van der Waals surface area (Å²) in [4.78, 5) is 9.93. The normalized spacial score (nSPS) is 11.8. The molecule has 0 bridgehead atoms. The Morgan fingerprint density at radius 3 is 1.80 bits per heavy atom. The predicted molar refractivity (Wildman–Crippen MR) is 236 cm³/mol. The van der Waals surface area contributed by atoms with Gasteiger partial charge in [0.05, 0.1) is 5.82 Å². The van der Waals surface area contributed by atoms with Crippen molar-refractivity contribution in [3.05, 3.63) is 252 Å². The Kier molecular flexibility index (Phi) is 10.0. The second-order valence-electron chi connectivity index (χ2n) is 15.3. The van der Waals surface area contributed by atoms with Gasteiger partial charge in [-0.3, -0.25) is 4.98 Å². The van der Waals surface area contributed by atoms with Crippen molar-refractivity contribution in [1.29, 1.82) is 0 Å². The van der Waals surface area contributed by atoms with Gasteiger partial charge < -0.3 is 9.13 Å². The van der Waals surface area contributed by atoms with Crippen molar-refractivity contribution < 1.29 is 21.1 Å². The fourth-order valence-corrected chi connectivity index (χ4v) is 8.73. The Hall–Kier alpha value is -6.61. The van der Waals surface area contributed by atoms with Gasteiger partial charge >= 0.3 is 21.1 Å². The predicted octanol–water partition coefficient (Wildman–Crippen LogP) is 12.3. The van der Waals surface area contributed by atoms with Crippen LogP contribution in [0.3, 0.4) is 0 Å². The summed E-state index contributed by atoms with van der Waals surface area (Å²) in [5, 5.41) is 2.27. The number of rotatable bonds is 9. The number of pyridine rings is 1. The fourth-order valence-electron chi connectivity index (χ4n) is 8.73. The molecule has 0 saturated heterocycles. The second kappa shape index (κ2) is 15.6. The molecule has 4 nitrogen and oxygen atoms in total. The second-order valence-corrected chi connectivity index (χ2v) is 15.3. The van der Waals surface area contributed by atoms with Crippen molar-refractivity contribution in [3.8, 4) is 22.9 Å². The minimum Gasteiger partial charge on any atom is -0.340 e. The van der Waals surface area contributed by atoms with Crippen molar-refractivity contribution in [3.63, 3.8) is 0 Å². The average molecular weight is 940 g/mol. The zero-order valence-electron chi connectivity index (χ0n) is 32.7. The summed E-state index contributed by atoms with van der Waals surface area (Å²) in [6.45, 7) is 4.56. The first kappa shape index (κ1) is 37.9. The molecule has 0 amide bonds. The van der Waals surface area contributed by atoms with Gasteiger partial charge in [0.1, 0.15) is 5.82 Å². The van der Waals surface area contributed by atoms with Crippen LogP contribution in [0.5, 0.6) is 0 Å². The molecular formula is C54H40N4Pt. The van der Waals surface area contributed by atoms with Gasteiger partial charge in [-0.25, -0.2) is 4.98 Å². The number of hydrogen-bond donors (Lipinski definition) is 0. The number of hydrogen-bond acceptors (Lipinski definition) is 2. The average Bonchev–Trinajstić information content (AvgIpc) is 3.92. The molecule has 3 heterocycles. The van der Waals surface area contributed by atoms with E-state index in [0.29, 0.717) is 0 Å². The summed E-state index contributed by atoms with van der Waals surface area (Å²) in [7, 11) is 0. The first-order chi connectivity index (χ1) is 28.5. The van der Waals surface area contributed by atoms with Gasteiger partial charge in [0.15, 0.2) is 0 Å². The van der Waals surface area contributed by atoms with Gasteiger partial charge in [-0.2, -0.15) is 18.2 Å². The van der Waals surface area contributed by atoms with Crippen molar-refractivity contribution in [1.82, 2.24) is 19.1 Å². The van der Waals surface area contributed by atoms with E-state index < -0.39 is 5.41 Å². The third-order valence-electron chi connectivity index (χ3n) is 11.7. The van der Waals surface area contributed by atoms with E-state index in [0.717, 1.165) is 67.0 Å². The van der Waals surface area contributed by atoms with Crippen LogP contribution in [0, 0.1) is 12.1 Å². The van der Waals surface area contributed by atoms with E-state index in [-0.39, 0.29) is 26.5 Å². The molecule has 0 aliphatic heterocycles. The molecule has 0 unspecified atom stereocenters. The Labute approximate surface area is 359 Å². The summed E-state index contributed by atoms with van der Waals surface area (Å²) in [5.41, 5.74) is 9.62. The molecule has 0 saturated carbocycles. The van der Waals surface area contributed by atoms with E-state index in [1.54, 1.807) is 0 Å². The summed E-state index contributed by atoms with van der Waals surface area (Å²) in [6.07, 6.45) is 5.81. The van der Waals surface area contributed by atoms with Crippen LogP contribution in [0.4, 0.5) is 0 Å². The van der Waals surface area contributed by atoms with Gasteiger partial charge in [0, 0.05) is 40.6 Å². The minimum absolute atomic E-state index is 0. The summed E-state index contributed by atoms with van der Waals surface area (Å²) < 4.78 is 4.41. The maximum Gasteiger partial charge on any atom is 2.00 e. The molecule has 0 radical (unpaired) electrons. The molecule has 0 fully saturated rings. The third-order valence-corrected chi connectivity index (χ3v) is 11.7. The van der Waals surface area contributed by atoms with Crippen LogP contribution in [0.2, 0.25) is 0 Å². The molecule has 10 aromatic rings. The summed E-state index contributed by atoms with van der Waals surface area (Å²) in [5.74, 6) is 1.68. The van der Waals surface area contributed by atoms with Crippen molar-refractivity contribution in [2.45, 2.75) is 24.7 Å². The molecule has 0 N–H and O–H groups in total. The van der Waals surface area contributed by atoms with Crippen molar-refractivity contribution in [2.24, 2.45) is 0 Å². The van der Waals surface area contributed by atoms with E-state index in [1.165, 1.54) is 11.1 Å². The zero-order chi connectivity index (χ0) is 39.1. The van der Waals surface area contributed by atoms with Gasteiger partial charge in [-0.05, 0) is 58.0 Å². The number of nitrogens with zero attached hydrogens (tertiary/aromatic N) is 4. The largest absolute Gasteiger partial charge is 2.00 e. The number of para-hydroxylation sites is 2. The smallest absolute Gasteiger partial charge is 0.340 e. The Balaban J connectivity index is 0.00000449. The van der Waals surface area contributed by atoms with Crippen LogP contribution in [0.15, 0.2) is 207 Å². The SMILES string of the molecule is CC(C)(c1ccccc1)c1ccnc(-n2c3[c-]c(C(c4[c-]c(-c5nccn5-c5ccccc5)ccc4)(c4ccccc4)c4ccccc4)ccc3c3ccccc32)c1.[Pt+2]. The maximum absolute atomic E-state index is 5.06. The van der Waals surface area contributed by atoms with Crippen molar-refractivity contribution in [2.75, 3.05) is 0 Å². The number of benzene rings is 7. The van der Waals surface area contributed by atoms with Gasteiger partial charge in [0.25, 0.3) is 0 Å². The van der Waals surface area contributed by atoms with Crippen LogP contribution in [0.1, 0.15) is 47.2 Å². The van der Waals surface area contributed by atoms with Crippen LogP contribution in [0.25, 0.3) is 44.7 Å². The molecule has 0 aliphatic rings.